The van der Waals surface area contributed by atoms with E-state index in [0.717, 1.165) is 48.8 Å². The van der Waals surface area contributed by atoms with Crippen LogP contribution in [0.2, 0.25) is 0 Å². The molecule has 1 saturated carbocycles. The number of aryl methyl sites for hydroxylation is 1. The van der Waals surface area contributed by atoms with Gasteiger partial charge in [0.05, 0.1) is 23.1 Å². The van der Waals surface area contributed by atoms with E-state index in [9.17, 15) is 62.6 Å². The highest BCUT2D eigenvalue weighted by atomic mass is 31.2. The number of hydrogen-bond acceptors (Lipinski definition) is 12. The van der Waals surface area contributed by atoms with Crippen LogP contribution in [0.4, 0.5) is 0 Å². The summed E-state index contributed by atoms with van der Waals surface area (Å²) in [6.45, 7) is 4.41. The monoisotopic (exact) mass is 1130 g/mol. The first-order valence-corrected chi connectivity index (χ1v) is 29.4. The molecule has 0 bridgehead atoms. The van der Waals surface area contributed by atoms with Gasteiger partial charge < -0.3 is 46.5 Å². The van der Waals surface area contributed by atoms with Crippen molar-refractivity contribution in [1.29, 1.82) is 0 Å². The molecule has 3 aromatic carbocycles. The van der Waals surface area contributed by atoms with Crippen molar-refractivity contribution in [2.75, 3.05) is 13.1 Å². The second-order valence-corrected chi connectivity index (χ2v) is 24.1. The third-order valence-electron chi connectivity index (χ3n) is 16.8. The number of nitrogens with one attached hydrogen (secondary N) is 5. The smallest absolute Gasteiger partial charge is 0.376 e. The van der Waals surface area contributed by atoms with E-state index in [1.54, 1.807) is 16.8 Å². The van der Waals surface area contributed by atoms with E-state index in [4.69, 9.17) is 5.73 Å². The van der Waals surface area contributed by atoms with Gasteiger partial charge in [-0.3, -0.25) is 62.3 Å². The van der Waals surface area contributed by atoms with E-state index in [1.807, 2.05) is 42.5 Å². The van der Waals surface area contributed by atoms with Gasteiger partial charge in [-0.1, -0.05) is 44.2 Å². The van der Waals surface area contributed by atoms with E-state index >= 15 is 0 Å². The zero-order valence-corrected chi connectivity index (χ0v) is 46.5. The molecule has 5 aromatic rings. The Morgan fingerprint density at radius 2 is 1.56 bits per heavy atom. The van der Waals surface area contributed by atoms with Crippen molar-refractivity contribution in [3.8, 4) is 0 Å². The molecule has 7 amide bonds. The lowest BCUT2D eigenvalue weighted by Crippen LogP contribution is -2.64. The van der Waals surface area contributed by atoms with Gasteiger partial charge in [0, 0.05) is 68.5 Å². The van der Waals surface area contributed by atoms with Crippen LogP contribution in [-0.4, -0.2) is 129 Å². The molecule has 3 saturated heterocycles. The number of fused-ring (bicyclic) bond motifs is 3. The van der Waals surface area contributed by atoms with Crippen LogP contribution in [0.15, 0.2) is 71.5 Å². The Kier molecular flexibility index (Phi) is 17.6. The molecular weight excluding hydrogens is 1060 g/mol. The number of piperidine rings is 1. The highest BCUT2D eigenvalue weighted by molar-refractivity contribution is 7.70. The van der Waals surface area contributed by atoms with E-state index in [1.165, 1.54) is 33.4 Å². The van der Waals surface area contributed by atoms with Crippen LogP contribution in [0.1, 0.15) is 140 Å². The van der Waals surface area contributed by atoms with Crippen LogP contribution in [-0.2, 0) is 53.3 Å². The van der Waals surface area contributed by atoms with Crippen molar-refractivity contribution in [3.63, 3.8) is 0 Å². The number of carbonyl (C=O) groups excluding carboxylic acids is 8. The number of imide groups is 1. The highest BCUT2D eigenvalue weighted by Crippen LogP contribution is 2.40. The van der Waals surface area contributed by atoms with Gasteiger partial charge >= 0.3 is 13.3 Å². The SMILES string of the molecule is CC(C)c1ccc(CNC(=O)[C@H](CCC(N)=O)NC(=O)[C@@H]2CC[C@@H]3CCN(C(=O)CC4CCC(Cc5ccc6c(c5)n(C)c(=O)n6C5CCC(=O)NC5=O)CC4)C[C@H](NC(=O)c4cc5cc(C(=O)P(=O)(O)O)ccc5[nH]4)C(O)N32)cc1. The minimum Gasteiger partial charge on any atom is -0.376 e. The van der Waals surface area contributed by atoms with Crippen molar-refractivity contribution < 1.29 is 57.8 Å². The maximum atomic E-state index is 14.5. The minimum atomic E-state index is -5.11. The lowest BCUT2D eigenvalue weighted by atomic mass is 9.78. The van der Waals surface area contributed by atoms with Gasteiger partial charge in [0.2, 0.25) is 35.4 Å². The first-order valence-electron chi connectivity index (χ1n) is 27.8. The summed E-state index contributed by atoms with van der Waals surface area (Å²) in [5.74, 6) is -2.83. The number of imidazole rings is 1. The largest absolute Gasteiger partial charge is 0.396 e. The number of benzene rings is 3. The Morgan fingerprint density at radius 1 is 0.840 bits per heavy atom. The van der Waals surface area contributed by atoms with Crippen molar-refractivity contribution in [2.24, 2.45) is 24.6 Å². The van der Waals surface area contributed by atoms with Gasteiger partial charge in [0.1, 0.15) is 24.0 Å². The maximum absolute atomic E-state index is 14.5. The van der Waals surface area contributed by atoms with Crippen molar-refractivity contribution in [2.45, 2.75) is 146 Å². The van der Waals surface area contributed by atoms with E-state index in [0.29, 0.717) is 46.6 Å². The van der Waals surface area contributed by atoms with Gasteiger partial charge in [-0.25, -0.2) is 4.79 Å². The molecule has 5 heterocycles. The number of carbonyl (C=O) groups is 8. The molecule has 0 radical (unpaired) electrons. The third kappa shape index (κ3) is 13.2. The lowest BCUT2D eigenvalue weighted by molar-refractivity contribution is -0.142. The minimum absolute atomic E-state index is 0.0179. The molecule has 432 valence electrons. The standard InChI is InChI=1S/C57H71N10O13P/c1-31(2)36-11-8-34(9-12-36)29-59-51(71)41(16-20-48(58)68)61-53(73)45-18-14-39-22-23-65(30-43(55(75)66(39)45)62-52(72)42-28-38-27-37(13-15-40(38)60-42)56(76)81(78,79)80)50(70)26-33-6-4-32(5-7-33)24-35-10-17-44-47(25-35)64(3)57(77)67(44)46-19-21-49(69)63-54(46)74/h8-13,15,17,25,27-28,31-33,39,41,43,45-46,55,60,75H,4-7,14,16,18-24,26,29-30H2,1-3H3,(H2,58,68)(H,59,71)(H,61,73)(H,62,72)(H,63,69,74)(H2,78,79,80)/t32?,33?,39-,41+,43+,45+,46?,55?/m1/s1. The van der Waals surface area contributed by atoms with Crippen LogP contribution in [0.25, 0.3) is 21.9 Å². The Bertz CT molecular complexity index is 3370. The molecule has 9 rings (SSSR count). The van der Waals surface area contributed by atoms with Gasteiger partial charge in [-0.05, 0) is 135 Å². The fourth-order valence-corrected chi connectivity index (χ4v) is 12.7. The fourth-order valence-electron chi connectivity index (χ4n) is 12.2. The summed E-state index contributed by atoms with van der Waals surface area (Å²) in [4.78, 5) is 144. The first-order chi connectivity index (χ1) is 38.5. The number of hydrogen-bond donors (Lipinski definition) is 9. The Morgan fingerprint density at radius 3 is 2.25 bits per heavy atom. The van der Waals surface area contributed by atoms with Crippen molar-refractivity contribution >= 4 is 76.4 Å². The molecule has 81 heavy (non-hydrogen) atoms. The van der Waals surface area contributed by atoms with E-state index in [-0.39, 0.29) is 92.8 Å². The number of aromatic nitrogens is 3. The first kappa shape index (κ1) is 58.4. The van der Waals surface area contributed by atoms with E-state index < -0.39 is 79.1 Å². The summed E-state index contributed by atoms with van der Waals surface area (Å²) in [5.41, 5.74) is 8.16. The van der Waals surface area contributed by atoms with Gasteiger partial charge in [-0.15, -0.1) is 0 Å². The molecule has 2 unspecified atom stereocenters. The number of primary amides is 1. The van der Waals surface area contributed by atoms with E-state index in [2.05, 4.69) is 40.1 Å². The molecule has 3 aliphatic heterocycles. The van der Waals surface area contributed by atoms with Crippen molar-refractivity contribution in [3.05, 3.63) is 105 Å². The maximum Gasteiger partial charge on any atom is 0.396 e. The molecule has 4 fully saturated rings. The number of aromatic amines is 1. The molecule has 2 aromatic heterocycles. The molecular formula is C57H71N10O13P. The molecule has 4 aliphatic rings. The fraction of sp³-hybridized carbons (Fsp3) is 0.491. The van der Waals surface area contributed by atoms with Gasteiger partial charge in [0.25, 0.3) is 11.4 Å². The average molecular weight is 1140 g/mol. The summed E-state index contributed by atoms with van der Waals surface area (Å²) in [5, 5.41) is 23.7. The second kappa shape index (κ2) is 24.4. The summed E-state index contributed by atoms with van der Waals surface area (Å²) in [7, 11) is -3.45. The zero-order valence-electron chi connectivity index (χ0n) is 45.6. The van der Waals surface area contributed by atoms with Crippen LogP contribution >= 0.6 is 7.60 Å². The number of amides is 7. The Balaban J connectivity index is 0.887. The summed E-state index contributed by atoms with van der Waals surface area (Å²) in [6, 6.07) is 14.3. The van der Waals surface area contributed by atoms with Crippen LogP contribution < -0.4 is 32.7 Å². The number of rotatable bonds is 18. The predicted molar refractivity (Wildman–Crippen MR) is 297 cm³/mol. The summed E-state index contributed by atoms with van der Waals surface area (Å²) in [6.07, 6.45) is 3.86. The molecule has 24 heteroatoms. The molecule has 10 N–H and O–H groups in total. The van der Waals surface area contributed by atoms with Crippen LogP contribution in [0.3, 0.4) is 0 Å². The van der Waals surface area contributed by atoms with Gasteiger partial charge in [-0.2, -0.15) is 0 Å². The topological polar surface area (TPSA) is 338 Å². The van der Waals surface area contributed by atoms with Crippen molar-refractivity contribution in [1.82, 2.24) is 45.2 Å². The zero-order chi connectivity index (χ0) is 58.0. The highest BCUT2D eigenvalue weighted by Gasteiger charge is 2.47. The van der Waals surface area contributed by atoms with Gasteiger partial charge in [0.15, 0.2) is 0 Å². The Labute approximate surface area is 466 Å². The quantitative estimate of drug-likeness (QED) is 0.0450. The number of aliphatic hydroxyl groups is 1. The molecule has 23 nitrogen and oxygen atoms in total. The second-order valence-electron chi connectivity index (χ2n) is 22.6. The number of nitrogens with two attached hydrogens (primary N) is 1. The van der Waals surface area contributed by atoms with Crippen LogP contribution in [0, 0.1) is 11.8 Å². The normalized spacial score (nSPS) is 23.1. The third-order valence-corrected chi connectivity index (χ3v) is 17.6. The molecule has 6 atom stereocenters. The number of H-pyrrole nitrogens is 1. The summed E-state index contributed by atoms with van der Waals surface area (Å²) >= 11 is 0. The summed E-state index contributed by atoms with van der Waals surface area (Å²) < 4.78 is 14.7. The number of aliphatic hydroxyl groups excluding tert-OH is 1. The molecule has 1 aliphatic carbocycles. The Hall–Kier alpha value is -7.30. The predicted octanol–water partition coefficient (Wildman–Crippen LogP) is 3.23. The van der Waals surface area contributed by atoms with Crippen LogP contribution in [0.5, 0.6) is 0 Å². The number of nitrogens with zero attached hydrogens (tertiary/aromatic N) is 4. The lowest BCUT2D eigenvalue weighted by Gasteiger charge is -2.43. The molecule has 0 spiro atoms. The average Bonchev–Trinajstić information content (AvgIpc) is 4.17.